The van der Waals surface area contributed by atoms with Crippen molar-refractivity contribution in [2.24, 2.45) is 0 Å². The van der Waals surface area contributed by atoms with Crippen molar-refractivity contribution in [3.05, 3.63) is 132 Å². The quantitative estimate of drug-likeness (QED) is 0.0235. The van der Waals surface area contributed by atoms with Crippen LogP contribution in [0.4, 0.5) is 104 Å². The number of anilines is 5. The number of hydrogen-bond donors (Lipinski definition) is 11. The number of nitrogen functional groups attached to an aromatic ring is 1. The van der Waals surface area contributed by atoms with E-state index in [0.717, 1.165) is 24.8 Å². The summed E-state index contributed by atoms with van der Waals surface area (Å²) in [5, 5.41) is 25.0. The summed E-state index contributed by atoms with van der Waals surface area (Å²) >= 11 is 5.92. The molecule has 554 valence electrons. The number of carbonyl (C=O) groups is 5. The normalized spacial score (nSPS) is 12.2. The molecule has 0 aliphatic rings. The number of pyridine rings is 3. The molecule has 4 amide bonds. The first-order chi connectivity index (χ1) is 46.6. The summed E-state index contributed by atoms with van der Waals surface area (Å²) < 4.78 is 214. The second-order valence-corrected chi connectivity index (χ2v) is 20.0. The number of aromatic amines is 1. The molecule has 8 aromatic heterocycles. The van der Waals surface area contributed by atoms with Crippen molar-refractivity contribution < 1.29 is 117 Å². The van der Waals surface area contributed by atoms with Gasteiger partial charge in [-0.25, -0.2) is 77.2 Å². The molecule has 0 aliphatic heterocycles. The Morgan fingerprint density at radius 1 is 0.510 bits per heavy atom. The van der Waals surface area contributed by atoms with E-state index in [1.54, 1.807) is 39.5 Å². The number of carbonyl (C=O) groups excluding carboxylic acids is 4. The van der Waals surface area contributed by atoms with E-state index in [4.69, 9.17) is 22.4 Å². The summed E-state index contributed by atoms with van der Waals surface area (Å²) in [6.07, 6.45) is -9.62. The number of halogens is 18. The van der Waals surface area contributed by atoms with Crippen LogP contribution in [-0.2, 0) is 19.2 Å². The van der Waals surface area contributed by atoms with Crippen molar-refractivity contribution in [3.8, 4) is 45.6 Å². The monoisotopic (exact) mass is 1480 g/mol. The first-order valence-corrected chi connectivity index (χ1v) is 27.9. The summed E-state index contributed by atoms with van der Waals surface area (Å²) in [6.45, 7) is -2.87. The Kier molecular flexibility index (Phi) is 27.8. The first kappa shape index (κ1) is 79.2. The standard InChI is InChI=1S/C14H12ClF4N5O.C14H14F4N6O.C14H13F4N5O3.C13H10F5N5O.9H2/c1-7(13(25)22-6-14(17,18)19)23-12-9(16)5-21-11(24-12)8-3-2-4-20-10(8)15;1-7(13(25)22-6-14(16,17)18)23-12-9(15)5-21-11(24-12)8-2-3-10(19)20-4-8;1-6(12(24)21-5-14(16,17)18)22-11-8(15)4-20-10(23-11)7-2-9(13(25)26)19-3-7;14-8-4-20-11(7-2-1-3-19-10(7)15)23-12(8)21-5-9(24)22-6-13(16,17)18;;;;;;;;;/h2-5,7H,6H2,1H3,(H,22,25)(H,21,23,24);2-5,7H,6H2,1H3,(H2,19,20)(H,22,25)(H,21,23,24);2-4,6,19H,5H2,1H3,(H,21,24)(H,25,26)(H,20,22,23);1-4H,5-6H2,(H,22,24)(H,20,21,23);9*1H/t2*7-;6-;;;;;;;;;;/m000........../s1. The van der Waals surface area contributed by atoms with Gasteiger partial charge in [0.05, 0.1) is 42.5 Å². The molecular weight excluding hydrogens is 1410 g/mol. The van der Waals surface area contributed by atoms with Crippen molar-refractivity contribution in [2.45, 2.75) is 63.6 Å². The van der Waals surface area contributed by atoms with Gasteiger partial charge >= 0.3 is 30.7 Å². The Morgan fingerprint density at radius 2 is 0.900 bits per heavy atom. The summed E-state index contributed by atoms with van der Waals surface area (Å²) in [5.41, 5.74) is 6.27. The van der Waals surface area contributed by atoms with Gasteiger partial charge in [0.2, 0.25) is 29.6 Å². The summed E-state index contributed by atoms with van der Waals surface area (Å²) in [5.74, 6) is -11.0. The maximum Gasteiger partial charge on any atom is 0.405 e. The number of H-pyrrole nitrogens is 1. The molecular formula is C55H67ClF17N21O6. The van der Waals surface area contributed by atoms with Gasteiger partial charge in [0.15, 0.2) is 69.8 Å². The Balaban J connectivity index is -0.000000429. The van der Waals surface area contributed by atoms with E-state index in [0.29, 0.717) is 11.1 Å². The van der Waals surface area contributed by atoms with Crippen LogP contribution in [0, 0.1) is 29.2 Å². The molecule has 0 fully saturated rings. The van der Waals surface area contributed by atoms with Crippen molar-refractivity contribution in [2.75, 3.05) is 59.7 Å². The molecule has 0 bridgehead atoms. The number of amides is 4. The molecule has 0 aliphatic carbocycles. The van der Waals surface area contributed by atoms with Gasteiger partial charge in [-0.15, -0.1) is 0 Å². The minimum Gasteiger partial charge on any atom is -0.477 e. The van der Waals surface area contributed by atoms with Crippen molar-refractivity contribution in [3.63, 3.8) is 0 Å². The number of alkyl halides is 12. The number of rotatable bonds is 21. The Morgan fingerprint density at radius 3 is 1.31 bits per heavy atom. The van der Waals surface area contributed by atoms with Gasteiger partial charge in [0.1, 0.15) is 61.0 Å². The van der Waals surface area contributed by atoms with Crippen LogP contribution >= 0.6 is 11.6 Å². The minimum atomic E-state index is -4.57. The molecule has 0 aromatic carbocycles. The number of nitrogens with one attached hydrogen (secondary N) is 9. The van der Waals surface area contributed by atoms with Gasteiger partial charge < -0.3 is 58.4 Å². The second kappa shape index (κ2) is 35.1. The third-order valence-electron chi connectivity index (χ3n) is 11.7. The molecule has 0 saturated heterocycles. The molecule has 0 saturated carbocycles. The highest BCUT2D eigenvalue weighted by molar-refractivity contribution is 6.31. The van der Waals surface area contributed by atoms with Crippen LogP contribution in [0.25, 0.3) is 45.6 Å². The first-order valence-electron chi connectivity index (χ1n) is 27.5. The topological polar surface area (TPSA) is 385 Å². The molecule has 8 aromatic rings. The zero-order chi connectivity index (χ0) is 74.5. The average Bonchev–Trinajstić information content (AvgIpc) is 1.80. The lowest BCUT2D eigenvalue weighted by Crippen LogP contribution is -2.42. The molecule has 12 N–H and O–H groups in total. The maximum atomic E-state index is 13.8. The second-order valence-electron chi connectivity index (χ2n) is 19.7. The van der Waals surface area contributed by atoms with Crippen molar-refractivity contribution in [1.29, 1.82) is 0 Å². The van der Waals surface area contributed by atoms with Crippen LogP contribution in [0.3, 0.4) is 0 Å². The number of nitrogens with zero attached hydrogens (tertiary/aromatic N) is 11. The van der Waals surface area contributed by atoms with E-state index in [2.05, 4.69) is 81.1 Å². The number of aromatic nitrogens is 12. The third kappa shape index (κ3) is 26.5. The van der Waals surface area contributed by atoms with Gasteiger partial charge in [-0.3, -0.25) is 19.2 Å². The lowest BCUT2D eigenvalue weighted by atomic mass is 10.2. The van der Waals surface area contributed by atoms with E-state index in [1.807, 2.05) is 0 Å². The van der Waals surface area contributed by atoms with E-state index >= 15 is 0 Å². The largest absolute Gasteiger partial charge is 0.477 e. The van der Waals surface area contributed by atoms with Crippen LogP contribution < -0.4 is 48.3 Å². The molecule has 100 heavy (non-hydrogen) atoms. The van der Waals surface area contributed by atoms with Gasteiger partial charge in [-0.2, -0.15) is 57.1 Å². The highest BCUT2D eigenvalue weighted by Crippen LogP contribution is 2.27. The number of aromatic carboxylic acids is 1. The SMILES string of the molecule is C[C@H](Nc1nc(-c2c[nH]c(C(=O)O)c2)ncc1F)C(=O)NCC(F)(F)F.C[C@H](Nc1nc(-c2ccc(N)nc2)ncc1F)C(=O)NCC(F)(F)F.C[C@H](Nc1nc(-c2cccnc2Cl)ncc1F)C(=O)NCC(F)(F)F.O=C(CNc1nc(-c2cccnc2F)ncc1F)NCC(F)(F)F.[HH].[HH].[HH].[HH].[HH].[HH].[HH].[HH].[HH]. The molecule has 8 heterocycles. The third-order valence-corrected chi connectivity index (χ3v) is 12.0. The molecule has 3 atom stereocenters. The van der Waals surface area contributed by atoms with Crippen molar-refractivity contribution >= 4 is 70.3 Å². The lowest BCUT2D eigenvalue weighted by Gasteiger charge is -2.16. The molecule has 27 nitrogen and oxygen atoms in total. The Bertz CT molecular complexity index is 4160. The van der Waals surface area contributed by atoms with Crippen molar-refractivity contribution in [1.82, 2.24) is 81.1 Å². The fraction of sp³-hybridized carbons (Fsp3) is 0.273. The lowest BCUT2D eigenvalue weighted by molar-refractivity contribution is -0.138. The zero-order valence-electron chi connectivity index (χ0n) is 50.7. The van der Waals surface area contributed by atoms with Crippen LogP contribution in [0.1, 0.15) is 44.1 Å². The highest BCUT2D eigenvalue weighted by Gasteiger charge is 2.32. The van der Waals surface area contributed by atoms with E-state index in [-0.39, 0.29) is 75.6 Å². The number of hydrogen-bond acceptors (Lipinski definition) is 21. The molecule has 0 unspecified atom stereocenters. The summed E-state index contributed by atoms with van der Waals surface area (Å²) in [4.78, 5) is 101. The van der Waals surface area contributed by atoms with Crippen LogP contribution in [0.15, 0.2) is 92.0 Å². The molecule has 0 radical (unpaired) electrons. The minimum absolute atomic E-state index is 0. The Hall–Kier alpha value is -11.5. The zero-order valence-corrected chi connectivity index (χ0v) is 51.5. The van der Waals surface area contributed by atoms with E-state index in [9.17, 15) is 98.6 Å². The van der Waals surface area contributed by atoms with Crippen LogP contribution in [-0.4, -0.2) is 170 Å². The number of carboxylic acid groups (broad SMARTS) is 1. The van der Waals surface area contributed by atoms with Gasteiger partial charge in [0.25, 0.3) is 0 Å². The van der Waals surface area contributed by atoms with Gasteiger partial charge in [-0.05, 0) is 63.2 Å². The van der Waals surface area contributed by atoms with Crippen LogP contribution in [0.5, 0.6) is 0 Å². The predicted molar refractivity (Wildman–Crippen MR) is 337 cm³/mol. The average molecular weight is 1480 g/mol. The molecule has 8 rings (SSSR count). The summed E-state index contributed by atoms with van der Waals surface area (Å²) in [7, 11) is 0. The van der Waals surface area contributed by atoms with Gasteiger partial charge in [-0.1, -0.05) is 11.6 Å². The van der Waals surface area contributed by atoms with Crippen LogP contribution in [0.2, 0.25) is 5.15 Å². The van der Waals surface area contributed by atoms with Gasteiger partial charge in [0, 0.05) is 48.8 Å². The predicted octanol–water partition coefficient (Wildman–Crippen LogP) is 10.5. The fourth-order valence-corrected chi connectivity index (χ4v) is 7.19. The smallest absolute Gasteiger partial charge is 0.405 e. The number of carboxylic acids is 1. The fourth-order valence-electron chi connectivity index (χ4n) is 6.98. The van der Waals surface area contributed by atoms with E-state index < -0.39 is 146 Å². The Labute approximate surface area is 568 Å². The number of nitrogens with two attached hydrogens (primary N) is 1. The maximum absolute atomic E-state index is 13.8. The molecule has 45 heteroatoms. The van der Waals surface area contributed by atoms with E-state index in [1.165, 1.54) is 69.8 Å². The summed E-state index contributed by atoms with van der Waals surface area (Å²) in [6, 6.07) is 6.64. The molecule has 0 spiro atoms. The highest BCUT2D eigenvalue weighted by atomic mass is 35.5.